The molecule has 1 unspecified atom stereocenters. The number of likely N-dealkylation sites (tertiary alicyclic amines) is 1. The number of fused-ring (bicyclic) bond motifs is 1. The van der Waals surface area contributed by atoms with Crippen LogP contribution in [0.1, 0.15) is 6.42 Å². The Hall–Kier alpha value is -0.0800. The minimum atomic E-state index is 0.922. The van der Waals surface area contributed by atoms with Crippen molar-refractivity contribution in [1.82, 2.24) is 10.2 Å². The lowest BCUT2D eigenvalue weighted by Crippen LogP contribution is -2.60. The van der Waals surface area contributed by atoms with E-state index < -0.39 is 0 Å². The van der Waals surface area contributed by atoms with Crippen LogP contribution >= 0.6 is 0 Å². The van der Waals surface area contributed by atoms with Gasteiger partial charge in [0.1, 0.15) is 0 Å². The van der Waals surface area contributed by atoms with Crippen LogP contribution < -0.4 is 5.32 Å². The molecule has 0 aromatic rings. The van der Waals surface area contributed by atoms with Crippen molar-refractivity contribution in [1.29, 1.82) is 0 Å². The maximum atomic E-state index is 3.41. The summed E-state index contributed by atoms with van der Waals surface area (Å²) in [6.07, 6.45) is 1.36. The fourth-order valence-electron chi connectivity index (χ4n) is 2.04. The maximum absolute atomic E-state index is 3.41. The van der Waals surface area contributed by atoms with Crippen LogP contribution in [0.2, 0.25) is 0 Å². The lowest BCUT2D eigenvalue weighted by atomic mass is 9.84. The van der Waals surface area contributed by atoms with E-state index in [1.54, 1.807) is 0 Å². The molecule has 0 radical (unpaired) electrons. The Kier molecular flexibility index (Phi) is 1.24. The van der Waals surface area contributed by atoms with Crippen LogP contribution in [0.25, 0.3) is 0 Å². The van der Waals surface area contributed by atoms with Gasteiger partial charge in [-0.05, 0) is 25.9 Å². The fraction of sp³-hybridized carbons (Fsp3) is 1.00. The number of nitrogens with one attached hydrogen (secondary N) is 1. The summed E-state index contributed by atoms with van der Waals surface area (Å²) in [7, 11) is 2.23. The third-order valence-electron chi connectivity index (χ3n) is 2.66. The summed E-state index contributed by atoms with van der Waals surface area (Å²) in [6.45, 7) is 3.80. The van der Waals surface area contributed by atoms with Crippen molar-refractivity contribution in [2.24, 2.45) is 5.92 Å². The van der Waals surface area contributed by atoms with Gasteiger partial charge in [-0.1, -0.05) is 0 Å². The first-order valence-corrected chi connectivity index (χ1v) is 3.79. The SMILES string of the molecule is CN1C[C@@H]2CNCCC21. The first-order valence-electron chi connectivity index (χ1n) is 3.79. The van der Waals surface area contributed by atoms with E-state index in [1.807, 2.05) is 0 Å². The number of rotatable bonds is 0. The van der Waals surface area contributed by atoms with Crippen LogP contribution in [0.5, 0.6) is 0 Å². The van der Waals surface area contributed by atoms with Gasteiger partial charge in [0.2, 0.25) is 0 Å². The Morgan fingerprint density at radius 2 is 2.44 bits per heavy atom. The molecule has 0 aromatic heterocycles. The van der Waals surface area contributed by atoms with Crippen molar-refractivity contribution in [3.8, 4) is 0 Å². The smallest absolute Gasteiger partial charge is 0.0157 e. The second-order valence-electron chi connectivity index (χ2n) is 3.26. The van der Waals surface area contributed by atoms with Crippen molar-refractivity contribution in [2.75, 3.05) is 26.7 Å². The third-order valence-corrected chi connectivity index (χ3v) is 2.66. The summed E-state index contributed by atoms with van der Waals surface area (Å²) >= 11 is 0. The largest absolute Gasteiger partial charge is 0.316 e. The quantitative estimate of drug-likeness (QED) is 0.488. The molecule has 1 N–H and O–H groups in total. The van der Waals surface area contributed by atoms with Gasteiger partial charge in [0.15, 0.2) is 0 Å². The number of nitrogens with zero attached hydrogens (tertiary/aromatic N) is 1. The predicted molar refractivity (Wildman–Crippen MR) is 37.4 cm³/mol. The summed E-state index contributed by atoms with van der Waals surface area (Å²) in [4.78, 5) is 2.46. The lowest BCUT2D eigenvalue weighted by molar-refractivity contribution is 0.0186. The molecular formula is C7H14N2. The van der Waals surface area contributed by atoms with E-state index in [2.05, 4.69) is 17.3 Å². The van der Waals surface area contributed by atoms with Gasteiger partial charge < -0.3 is 10.2 Å². The van der Waals surface area contributed by atoms with Crippen molar-refractivity contribution < 1.29 is 0 Å². The number of hydrogen-bond donors (Lipinski definition) is 1. The molecule has 0 aliphatic carbocycles. The molecule has 0 spiro atoms. The Labute approximate surface area is 56.2 Å². The third kappa shape index (κ3) is 0.775. The Balaban J connectivity index is 1.94. The van der Waals surface area contributed by atoms with Gasteiger partial charge in [-0.2, -0.15) is 0 Å². The summed E-state index contributed by atoms with van der Waals surface area (Å²) in [5.74, 6) is 0.976. The molecular weight excluding hydrogens is 112 g/mol. The van der Waals surface area contributed by atoms with Gasteiger partial charge in [0.25, 0.3) is 0 Å². The molecule has 2 heterocycles. The van der Waals surface area contributed by atoms with Crippen molar-refractivity contribution >= 4 is 0 Å². The van der Waals surface area contributed by atoms with E-state index >= 15 is 0 Å². The molecule has 2 saturated heterocycles. The average Bonchev–Trinajstić information content (AvgIpc) is 1.86. The van der Waals surface area contributed by atoms with Gasteiger partial charge in [-0.3, -0.25) is 0 Å². The summed E-state index contributed by atoms with van der Waals surface area (Å²) in [5.41, 5.74) is 0. The van der Waals surface area contributed by atoms with E-state index in [4.69, 9.17) is 0 Å². The van der Waals surface area contributed by atoms with E-state index in [0.29, 0.717) is 0 Å². The van der Waals surface area contributed by atoms with E-state index in [0.717, 1.165) is 12.0 Å². The van der Waals surface area contributed by atoms with Crippen LogP contribution in [0.3, 0.4) is 0 Å². The molecule has 0 amide bonds. The normalized spacial score (nSPS) is 43.7. The molecule has 2 aliphatic rings. The molecule has 0 aromatic carbocycles. The highest BCUT2D eigenvalue weighted by atomic mass is 15.2. The van der Waals surface area contributed by atoms with Gasteiger partial charge in [0.05, 0.1) is 0 Å². The van der Waals surface area contributed by atoms with Gasteiger partial charge >= 0.3 is 0 Å². The fourth-order valence-corrected chi connectivity index (χ4v) is 2.04. The summed E-state index contributed by atoms with van der Waals surface area (Å²) in [6, 6.07) is 0.922. The van der Waals surface area contributed by atoms with Crippen LogP contribution in [0.4, 0.5) is 0 Å². The Morgan fingerprint density at radius 1 is 1.56 bits per heavy atom. The molecule has 2 nitrogen and oxygen atoms in total. The highest BCUT2D eigenvalue weighted by Crippen LogP contribution is 2.26. The molecule has 2 rings (SSSR count). The van der Waals surface area contributed by atoms with Crippen LogP contribution in [-0.2, 0) is 0 Å². The zero-order valence-electron chi connectivity index (χ0n) is 5.93. The standard InChI is InChI=1S/C7H14N2/c1-9-5-6-4-8-3-2-7(6)9/h6-8H,2-5H2,1H3/t6-,7?/m0/s1. The molecule has 52 valence electrons. The zero-order chi connectivity index (χ0) is 6.27. The van der Waals surface area contributed by atoms with Gasteiger partial charge in [0, 0.05) is 19.1 Å². The van der Waals surface area contributed by atoms with E-state index in [1.165, 1.54) is 26.1 Å². The van der Waals surface area contributed by atoms with E-state index in [9.17, 15) is 0 Å². The number of piperidine rings is 1. The van der Waals surface area contributed by atoms with Crippen molar-refractivity contribution in [2.45, 2.75) is 12.5 Å². The van der Waals surface area contributed by atoms with Gasteiger partial charge in [-0.15, -0.1) is 0 Å². The zero-order valence-corrected chi connectivity index (χ0v) is 5.93. The minimum Gasteiger partial charge on any atom is -0.316 e. The molecule has 0 bridgehead atoms. The Morgan fingerprint density at radius 3 is 3.00 bits per heavy atom. The minimum absolute atomic E-state index is 0.922. The molecule has 9 heavy (non-hydrogen) atoms. The van der Waals surface area contributed by atoms with Gasteiger partial charge in [-0.25, -0.2) is 0 Å². The van der Waals surface area contributed by atoms with Crippen LogP contribution in [0.15, 0.2) is 0 Å². The highest BCUT2D eigenvalue weighted by molar-refractivity contribution is 4.93. The maximum Gasteiger partial charge on any atom is 0.0157 e. The molecule has 0 saturated carbocycles. The average molecular weight is 126 g/mol. The second kappa shape index (κ2) is 1.96. The lowest BCUT2D eigenvalue weighted by Gasteiger charge is -2.49. The first kappa shape index (κ1) is 5.69. The number of hydrogen-bond acceptors (Lipinski definition) is 2. The molecule has 2 atom stereocenters. The molecule has 2 heteroatoms. The van der Waals surface area contributed by atoms with Crippen LogP contribution in [0, 0.1) is 5.92 Å². The second-order valence-corrected chi connectivity index (χ2v) is 3.26. The summed E-state index contributed by atoms with van der Waals surface area (Å²) in [5, 5.41) is 3.41. The predicted octanol–water partition coefficient (Wildman–Crippen LogP) is -0.0901. The first-order chi connectivity index (χ1) is 4.38. The summed E-state index contributed by atoms with van der Waals surface area (Å²) < 4.78 is 0. The van der Waals surface area contributed by atoms with Crippen molar-refractivity contribution in [3.05, 3.63) is 0 Å². The van der Waals surface area contributed by atoms with E-state index in [-0.39, 0.29) is 0 Å². The Bertz CT molecular complexity index is 111. The topological polar surface area (TPSA) is 15.3 Å². The molecule has 2 aliphatic heterocycles. The monoisotopic (exact) mass is 126 g/mol. The van der Waals surface area contributed by atoms with Crippen LogP contribution in [-0.4, -0.2) is 37.6 Å². The van der Waals surface area contributed by atoms with Crippen molar-refractivity contribution in [3.63, 3.8) is 0 Å². The molecule has 2 fully saturated rings. The highest BCUT2D eigenvalue weighted by Gasteiger charge is 2.37.